The smallest absolute Gasteiger partial charge is 0.262 e. The first-order valence-corrected chi connectivity index (χ1v) is 11.7. The number of nitrogens with zero attached hydrogens (tertiary/aromatic N) is 1. The van der Waals surface area contributed by atoms with Gasteiger partial charge in [0.05, 0.1) is 16.0 Å². The van der Waals surface area contributed by atoms with E-state index in [0.29, 0.717) is 0 Å². The summed E-state index contributed by atoms with van der Waals surface area (Å²) in [6.07, 6.45) is 1.96. The Hall–Kier alpha value is -3.53. The molecule has 2 N–H and O–H groups in total. The molecule has 2 aromatic rings. The van der Waals surface area contributed by atoms with E-state index in [1.807, 2.05) is 0 Å². The van der Waals surface area contributed by atoms with Gasteiger partial charge in [-0.2, -0.15) is 0 Å². The van der Waals surface area contributed by atoms with Crippen molar-refractivity contribution in [2.24, 2.45) is 0 Å². The molecule has 1 aliphatic carbocycles. The van der Waals surface area contributed by atoms with E-state index in [0.717, 1.165) is 23.3 Å². The van der Waals surface area contributed by atoms with Gasteiger partial charge >= 0.3 is 0 Å². The van der Waals surface area contributed by atoms with Crippen molar-refractivity contribution >= 4 is 39.3 Å². The predicted octanol–water partition coefficient (Wildman–Crippen LogP) is 1.77. The van der Waals surface area contributed by atoms with Gasteiger partial charge in [-0.3, -0.25) is 34.1 Å². The molecule has 2 fully saturated rings. The zero-order valence-electron chi connectivity index (χ0n) is 16.8. The first-order chi connectivity index (χ1) is 15.3. The van der Waals surface area contributed by atoms with E-state index < -0.39 is 39.7 Å². The molecule has 2 heterocycles. The third-order valence-corrected chi connectivity index (χ3v) is 7.37. The lowest BCUT2D eigenvalue weighted by atomic mass is 10.0. The number of carbonyl (C=O) groups excluding carboxylic acids is 4. The highest BCUT2D eigenvalue weighted by Crippen LogP contribution is 2.43. The summed E-state index contributed by atoms with van der Waals surface area (Å²) in [5, 5.41) is 2.14. The van der Waals surface area contributed by atoms with Gasteiger partial charge in [-0.15, -0.1) is 0 Å². The fraction of sp³-hybridized carbons (Fsp3) is 0.273. The lowest BCUT2D eigenvalue weighted by Gasteiger charge is -2.27. The minimum absolute atomic E-state index is 0.00961. The lowest BCUT2D eigenvalue weighted by Crippen LogP contribution is -2.54. The molecule has 9 nitrogen and oxygen atoms in total. The number of nitrogens with one attached hydrogen (secondary N) is 2. The van der Waals surface area contributed by atoms with E-state index in [9.17, 15) is 27.6 Å². The minimum atomic E-state index is -3.91. The first kappa shape index (κ1) is 20.4. The van der Waals surface area contributed by atoms with Crippen LogP contribution in [0.3, 0.4) is 0 Å². The monoisotopic (exact) mass is 453 g/mol. The molecule has 0 radical (unpaired) electrons. The Morgan fingerprint density at radius 1 is 0.906 bits per heavy atom. The number of sulfonamides is 1. The fourth-order valence-corrected chi connectivity index (χ4v) is 5.55. The van der Waals surface area contributed by atoms with Crippen molar-refractivity contribution in [1.29, 1.82) is 0 Å². The third kappa shape index (κ3) is 3.36. The maximum Gasteiger partial charge on any atom is 0.262 e. The van der Waals surface area contributed by atoms with Crippen LogP contribution >= 0.6 is 0 Å². The summed E-state index contributed by atoms with van der Waals surface area (Å²) in [6, 6.07) is 9.81. The van der Waals surface area contributed by atoms with E-state index in [4.69, 9.17) is 0 Å². The molecule has 3 aliphatic rings. The summed E-state index contributed by atoms with van der Waals surface area (Å²) in [5.41, 5.74) is 0.994. The molecule has 0 spiro atoms. The standard InChI is InChI=1S/C22H19N3O6S/c26-19-10-9-17(20(27)23-19)25-21(28)15-8-7-13(11-16(15)22(25)29)24-32(30,31)18-4-2-1-3-14(18)12-5-6-12/h1-4,7-8,11-12,17,24H,5-6,9-10H2,(H,23,26,27). The van der Waals surface area contributed by atoms with Crippen molar-refractivity contribution in [3.63, 3.8) is 0 Å². The Balaban J connectivity index is 1.43. The topological polar surface area (TPSA) is 130 Å². The number of imide groups is 2. The molecular formula is C22H19N3O6S. The lowest BCUT2D eigenvalue weighted by molar-refractivity contribution is -0.136. The zero-order valence-corrected chi connectivity index (χ0v) is 17.6. The molecule has 1 atom stereocenters. The van der Waals surface area contributed by atoms with Crippen LogP contribution in [-0.2, 0) is 19.6 Å². The van der Waals surface area contributed by atoms with Crippen LogP contribution in [0.5, 0.6) is 0 Å². The first-order valence-electron chi connectivity index (χ1n) is 10.2. The number of piperidine rings is 1. The Morgan fingerprint density at radius 2 is 1.62 bits per heavy atom. The van der Waals surface area contributed by atoms with E-state index >= 15 is 0 Å². The summed E-state index contributed by atoms with van der Waals surface area (Å²) >= 11 is 0. The molecule has 1 saturated heterocycles. The Labute approximate surface area is 183 Å². The van der Waals surface area contributed by atoms with Crippen LogP contribution in [0.15, 0.2) is 47.4 Å². The second kappa shape index (κ2) is 7.27. The highest BCUT2D eigenvalue weighted by Gasteiger charge is 2.44. The van der Waals surface area contributed by atoms with Crippen molar-refractivity contribution in [1.82, 2.24) is 10.2 Å². The largest absolute Gasteiger partial charge is 0.295 e. The molecule has 4 amide bonds. The molecule has 164 valence electrons. The van der Waals surface area contributed by atoms with E-state index in [1.165, 1.54) is 18.2 Å². The van der Waals surface area contributed by atoms with Crippen molar-refractivity contribution in [2.45, 2.75) is 42.5 Å². The summed E-state index contributed by atoms with van der Waals surface area (Å²) < 4.78 is 28.6. The molecule has 5 rings (SSSR count). The van der Waals surface area contributed by atoms with Crippen LogP contribution in [-0.4, -0.2) is 43.0 Å². The highest BCUT2D eigenvalue weighted by molar-refractivity contribution is 7.92. The number of fused-ring (bicyclic) bond motifs is 1. The van der Waals surface area contributed by atoms with Crippen LogP contribution in [0.2, 0.25) is 0 Å². The highest BCUT2D eigenvalue weighted by atomic mass is 32.2. The summed E-state index contributed by atoms with van der Waals surface area (Å²) in [7, 11) is -3.91. The van der Waals surface area contributed by atoms with Crippen molar-refractivity contribution in [3.05, 3.63) is 59.2 Å². The maximum absolute atomic E-state index is 13.0. The van der Waals surface area contributed by atoms with Gasteiger partial charge in [-0.1, -0.05) is 18.2 Å². The fourth-order valence-electron chi connectivity index (χ4n) is 4.20. The summed E-state index contributed by atoms with van der Waals surface area (Å²) in [5.74, 6) is -2.27. The second-order valence-corrected chi connectivity index (χ2v) is 9.78. The predicted molar refractivity (Wildman–Crippen MR) is 112 cm³/mol. The quantitative estimate of drug-likeness (QED) is 0.664. The summed E-state index contributed by atoms with van der Waals surface area (Å²) in [4.78, 5) is 50.3. The van der Waals surface area contributed by atoms with Crippen molar-refractivity contribution in [3.8, 4) is 0 Å². The van der Waals surface area contributed by atoms with Crippen molar-refractivity contribution < 1.29 is 27.6 Å². The third-order valence-electron chi connectivity index (χ3n) is 5.92. The van der Waals surface area contributed by atoms with Gasteiger partial charge in [0.2, 0.25) is 11.8 Å². The number of rotatable bonds is 5. The number of benzene rings is 2. The molecule has 10 heteroatoms. The number of hydrogen-bond donors (Lipinski definition) is 2. The van der Waals surface area contributed by atoms with Gasteiger partial charge in [0.25, 0.3) is 21.8 Å². The number of hydrogen-bond acceptors (Lipinski definition) is 6. The Kier molecular flexibility index (Phi) is 4.63. The van der Waals surface area contributed by atoms with Gasteiger partial charge in [0.1, 0.15) is 6.04 Å². The van der Waals surface area contributed by atoms with E-state index in [-0.39, 0.29) is 40.5 Å². The molecular weight excluding hydrogens is 434 g/mol. The molecule has 2 aliphatic heterocycles. The molecule has 1 saturated carbocycles. The van der Waals surface area contributed by atoms with Crippen LogP contribution < -0.4 is 10.0 Å². The number of amides is 4. The zero-order chi connectivity index (χ0) is 22.6. The number of carbonyl (C=O) groups is 4. The van der Waals surface area contributed by atoms with Crippen LogP contribution in [0.25, 0.3) is 0 Å². The SMILES string of the molecule is O=C1CCC(N2C(=O)c3ccc(NS(=O)(=O)c4ccccc4C4CC4)cc3C2=O)C(=O)N1. The number of anilines is 1. The van der Waals surface area contributed by atoms with Crippen LogP contribution in [0.4, 0.5) is 5.69 Å². The van der Waals surface area contributed by atoms with E-state index in [1.54, 1.807) is 24.3 Å². The van der Waals surface area contributed by atoms with Gasteiger partial charge in [0.15, 0.2) is 0 Å². The Bertz CT molecular complexity index is 1300. The van der Waals surface area contributed by atoms with Gasteiger partial charge in [0, 0.05) is 12.1 Å². The summed E-state index contributed by atoms with van der Waals surface area (Å²) in [6.45, 7) is 0. The molecule has 2 aromatic carbocycles. The minimum Gasteiger partial charge on any atom is -0.295 e. The normalized spacial score (nSPS) is 20.9. The molecule has 1 unspecified atom stereocenters. The van der Waals surface area contributed by atoms with Crippen LogP contribution in [0, 0.1) is 0 Å². The molecule has 0 aromatic heterocycles. The van der Waals surface area contributed by atoms with E-state index in [2.05, 4.69) is 10.0 Å². The average molecular weight is 453 g/mol. The second-order valence-electron chi connectivity index (χ2n) is 8.13. The van der Waals surface area contributed by atoms with Crippen molar-refractivity contribution in [2.75, 3.05) is 4.72 Å². The molecule has 0 bridgehead atoms. The van der Waals surface area contributed by atoms with Gasteiger partial charge in [-0.25, -0.2) is 8.42 Å². The Morgan fingerprint density at radius 3 is 2.34 bits per heavy atom. The van der Waals surface area contributed by atoms with Gasteiger partial charge in [-0.05, 0) is 55.0 Å². The maximum atomic E-state index is 13.0. The van der Waals surface area contributed by atoms with Gasteiger partial charge < -0.3 is 0 Å². The van der Waals surface area contributed by atoms with Crippen LogP contribution in [0.1, 0.15) is 57.9 Å². The molecule has 32 heavy (non-hydrogen) atoms. The average Bonchev–Trinajstić information content (AvgIpc) is 3.57.